The summed E-state index contributed by atoms with van der Waals surface area (Å²) in [4.78, 5) is 16.0. The number of rotatable bonds is 4. The van der Waals surface area contributed by atoms with Gasteiger partial charge < -0.3 is 13.9 Å². The third kappa shape index (κ3) is 2.93. The van der Waals surface area contributed by atoms with Crippen LogP contribution in [0.25, 0.3) is 11.0 Å². The zero-order chi connectivity index (χ0) is 19.2. The Hall–Kier alpha value is -2.96. The molecule has 3 aromatic rings. The number of pyridine rings is 1. The van der Waals surface area contributed by atoms with Gasteiger partial charge in [-0.3, -0.25) is 4.98 Å². The molecule has 2 heterocycles. The van der Waals surface area contributed by atoms with Gasteiger partial charge in [0.05, 0.1) is 13.0 Å². The molecule has 7 heteroatoms. The van der Waals surface area contributed by atoms with Crippen molar-refractivity contribution in [1.82, 2.24) is 4.98 Å². The van der Waals surface area contributed by atoms with Crippen molar-refractivity contribution < 1.29 is 27.5 Å². The molecule has 1 atom stereocenters. The molecule has 5 nitrogen and oxygen atoms in total. The first-order valence-electron chi connectivity index (χ1n) is 8.61. The van der Waals surface area contributed by atoms with E-state index in [1.807, 2.05) is 0 Å². The van der Waals surface area contributed by atoms with Gasteiger partial charge in [0.1, 0.15) is 34.5 Å². The monoisotopic (exact) mass is 373 g/mol. The van der Waals surface area contributed by atoms with Crippen molar-refractivity contribution in [2.24, 2.45) is 0 Å². The molecule has 0 radical (unpaired) electrons. The summed E-state index contributed by atoms with van der Waals surface area (Å²) in [5.74, 6) is -2.73. The molecule has 140 valence electrons. The molecule has 0 fully saturated rings. The predicted molar refractivity (Wildman–Crippen MR) is 93.0 cm³/mol. The molecule has 0 aliphatic heterocycles. The summed E-state index contributed by atoms with van der Waals surface area (Å²) in [5.41, 5.74) is 0.942. The number of carbonyl (C=O) groups is 1. The van der Waals surface area contributed by atoms with Gasteiger partial charge in [0.15, 0.2) is 0 Å². The highest BCUT2D eigenvalue weighted by atomic mass is 19.3. The molecule has 0 bridgehead atoms. The number of alkyl halides is 2. The lowest BCUT2D eigenvalue weighted by molar-refractivity contribution is -0.0282. The number of ether oxygens (including phenoxy) is 2. The second-order valence-corrected chi connectivity index (χ2v) is 6.37. The number of aryl methyl sites for hydroxylation is 1. The van der Waals surface area contributed by atoms with Gasteiger partial charge in [-0.05, 0) is 38.1 Å². The lowest BCUT2D eigenvalue weighted by Gasteiger charge is -2.14. The topological polar surface area (TPSA) is 61.6 Å². The van der Waals surface area contributed by atoms with Gasteiger partial charge in [0, 0.05) is 17.1 Å². The fourth-order valence-corrected chi connectivity index (χ4v) is 3.42. The fourth-order valence-electron chi connectivity index (χ4n) is 3.42. The van der Waals surface area contributed by atoms with E-state index in [0.717, 1.165) is 0 Å². The highest BCUT2D eigenvalue weighted by Gasteiger charge is 2.47. The number of esters is 1. The normalized spacial score (nSPS) is 17.7. The van der Waals surface area contributed by atoms with Crippen molar-refractivity contribution in [2.75, 3.05) is 6.61 Å². The van der Waals surface area contributed by atoms with Crippen LogP contribution in [0.2, 0.25) is 0 Å². The Morgan fingerprint density at radius 2 is 2.19 bits per heavy atom. The van der Waals surface area contributed by atoms with Crippen molar-refractivity contribution >= 4 is 16.9 Å². The van der Waals surface area contributed by atoms with Gasteiger partial charge in [-0.15, -0.1) is 0 Å². The minimum absolute atomic E-state index is 0.238. The standard InChI is InChI=1S/C20H17F2NO4/c1-3-25-19(24)17-11(2)26-15-7-6-12(9-14(15)17)27-16-10-20(21,22)18-13(16)5-4-8-23-18/h4-9,16H,3,10H2,1-2H3. The first kappa shape index (κ1) is 17.5. The summed E-state index contributed by atoms with van der Waals surface area (Å²) >= 11 is 0. The van der Waals surface area contributed by atoms with E-state index in [9.17, 15) is 13.6 Å². The maximum Gasteiger partial charge on any atom is 0.342 e. The Bertz CT molecular complexity index is 1030. The Morgan fingerprint density at radius 3 is 2.96 bits per heavy atom. The number of aromatic nitrogens is 1. The van der Waals surface area contributed by atoms with Crippen LogP contribution in [0.1, 0.15) is 46.8 Å². The highest BCUT2D eigenvalue weighted by molar-refractivity contribution is 6.04. The van der Waals surface area contributed by atoms with E-state index in [4.69, 9.17) is 13.9 Å². The molecule has 1 aliphatic rings. The van der Waals surface area contributed by atoms with Gasteiger partial charge >= 0.3 is 5.97 Å². The van der Waals surface area contributed by atoms with Gasteiger partial charge in [-0.1, -0.05) is 6.07 Å². The van der Waals surface area contributed by atoms with Crippen molar-refractivity contribution in [3.05, 3.63) is 59.1 Å². The Balaban J connectivity index is 1.70. The van der Waals surface area contributed by atoms with Crippen LogP contribution in [0.3, 0.4) is 0 Å². The number of carbonyl (C=O) groups excluding carboxylic acids is 1. The van der Waals surface area contributed by atoms with Crippen LogP contribution in [0.15, 0.2) is 40.9 Å². The van der Waals surface area contributed by atoms with Gasteiger partial charge in [-0.2, -0.15) is 8.78 Å². The molecule has 0 spiro atoms. The summed E-state index contributed by atoms with van der Waals surface area (Å²) in [5, 5.41) is 0.527. The maximum atomic E-state index is 14.2. The van der Waals surface area contributed by atoms with Crippen LogP contribution in [-0.2, 0) is 10.7 Å². The first-order valence-corrected chi connectivity index (χ1v) is 8.61. The van der Waals surface area contributed by atoms with E-state index < -0.39 is 24.4 Å². The van der Waals surface area contributed by atoms with Crippen LogP contribution >= 0.6 is 0 Å². The van der Waals surface area contributed by atoms with Crippen LogP contribution in [0, 0.1) is 6.92 Å². The summed E-state index contributed by atoms with van der Waals surface area (Å²) in [7, 11) is 0. The van der Waals surface area contributed by atoms with Gasteiger partial charge in [0.2, 0.25) is 0 Å². The number of fused-ring (bicyclic) bond motifs is 2. The van der Waals surface area contributed by atoms with E-state index >= 15 is 0 Å². The summed E-state index contributed by atoms with van der Waals surface area (Å²) in [6, 6.07) is 8.10. The van der Waals surface area contributed by atoms with Crippen molar-refractivity contribution in [3.8, 4) is 5.75 Å². The molecule has 2 aromatic heterocycles. The third-order valence-electron chi connectivity index (χ3n) is 4.57. The van der Waals surface area contributed by atoms with Crippen LogP contribution in [0.5, 0.6) is 5.75 Å². The van der Waals surface area contributed by atoms with E-state index in [1.54, 1.807) is 44.2 Å². The largest absolute Gasteiger partial charge is 0.485 e. The number of furan rings is 1. The Morgan fingerprint density at radius 1 is 1.37 bits per heavy atom. The van der Waals surface area contributed by atoms with E-state index in [-0.39, 0.29) is 12.3 Å². The van der Waals surface area contributed by atoms with Gasteiger partial charge in [-0.25, -0.2) is 4.79 Å². The Labute approximate surface area is 153 Å². The summed E-state index contributed by atoms with van der Waals surface area (Å²) in [6.07, 6.45) is 0.0494. The zero-order valence-electron chi connectivity index (χ0n) is 14.8. The molecule has 1 unspecified atom stereocenters. The molecular weight excluding hydrogens is 356 g/mol. The predicted octanol–water partition coefficient (Wildman–Crippen LogP) is 4.93. The molecule has 0 saturated carbocycles. The number of benzene rings is 1. The SMILES string of the molecule is CCOC(=O)c1c(C)oc2ccc(OC3CC(F)(F)c4ncccc43)cc12. The quantitative estimate of drug-likeness (QED) is 0.607. The molecule has 1 aromatic carbocycles. The second-order valence-electron chi connectivity index (χ2n) is 6.37. The van der Waals surface area contributed by atoms with Crippen molar-refractivity contribution in [1.29, 1.82) is 0 Å². The maximum absolute atomic E-state index is 14.2. The van der Waals surface area contributed by atoms with E-state index in [0.29, 0.717) is 33.6 Å². The molecule has 0 amide bonds. The van der Waals surface area contributed by atoms with Crippen molar-refractivity contribution in [2.45, 2.75) is 32.3 Å². The number of hydrogen-bond acceptors (Lipinski definition) is 5. The Kier molecular flexibility index (Phi) is 4.09. The lowest BCUT2D eigenvalue weighted by atomic mass is 10.1. The smallest absolute Gasteiger partial charge is 0.342 e. The van der Waals surface area contributed by atoms with Crippen LogP contribution in [-0.4, -0.2) is 17.6 Å². The molecule has 27 heavy (non-hydrogen) atoms. The lowest BCUT2D eigenvalue weighted by Crippen LogP contribution is -2.11. The minimum Gasteiger partial charge on any atom is -0.485 e. The molecular formula is C20H17F2NO4. The molecule has 1 aliphatic carbocycles. The minimum atomic E-state index is -3.03. The van der Waals surface area contributed by atoms with E-state index in [1.165, 1.54) is 6.20 Å². The second kappa shape index (κ2) is 6.33. The first-order chi connectivity index (χ1) is 12.9. The van der Waals surface area contributed by atoms with Crippen LogP contribution < -0.4 is 4.74 Å². The third-order valence-corrected chi connectivity index (χ3v) is 4.57. The fraction of sp³-hybridized carbons (Fsp3) is 0.300. The van der Waals surface area contributed by atoms with Crippen LogP contribution in [0.4, 0.5) is 8.78 Å². The molecule has 4 rings (SSSR count). The number of halogens is 2. The zero-order valence-corrected chi connectivity index (χ0v) is 14.8. The van der Waals surface area contributed by atoms with Gasteiger partial charge in [0.25, 0.3) is 5.92 Å². The molecule has 0 saturated heterocycles. The summed E-state index contributed by atoms with van der Waals surface area (Å²) in [6.45, 7) is 3.63. The van der Waals surface area contributed by atoms with Crippen molar-refractivity contribution in [3.63, 3.8) is 0 Å². The molecule has 0 N–H and O–H groups in total. The van der Waals surface area contributed by atoms with E-state index in [2.05, 4.69) is 4.98 Å². The summed E-state index contributed by atoms with van der Waals surface area (Å²) < 4.78 is 44.9. The highest BCUT2D eigenvalue weighted by Crippen LogP contribution is 2.47. The number of hydrogen-bond donors (Lipinski definition) is 0. The average Bonchev–Trinajstić information content (AvgIpc) is 3.08. The number of nitrogens with zero attached hydrogens (tertiary/aromatic N) is 1. The average molecular weight is 373 g/mol.